The van der Waals surface area contributed by atoms with Crippen LogP contribution in [0, 0.1) is 0 Å². The van der Waals surface area contributed by atoms with Crippen LogP contribution in [0.25, 0.3) is 0 Å². The lowest BCUT2D eigenvalue weighted by Gasteiger charge is -2.20. The number of aromatic nitrogens is 2. The molecule has 0 amide bonds. The quantitative estimate of drug-likeness (QED) is 0.461. The van der Waals surface area contributed by atoms with Crippen molar-refractivity contribution < 1.29 is 0 Å². The highest BCUT2D eigenvalue weighted by molar-refractivity contribution is 5.78. The summed E-state index contributed by atoms with van der Waals surface area (Å²) in [6.45, 7) is 7.95. The molecule has 0 atom stereocenters. The zero-order valence-corrected chi connectivity index (χ0v) is 11.0. The average molecular weight is 237 g/mol. The molecule has 0 unspecified atom stereocenters. The van der Waals surface area contributed by atoms with E-state index in [0.717, 1.165) is 25.9 Å². The number of hydrogen-bond acceptors (Lipinski definition) is 2. The molecule has 96 valence electrons. The van der Waals surface area contributed by atoms with Crippen molar-refractivity contribution >= 4 is 5.96 Å². The lowest BCUT2D eigenvalue weighted by Crippen LogP contribution is -2.45. The number of aliphatic imine (C=N–C) groups is 1. The van der Waals surface area contributed by atoms with Crippen molar-refractivity contribution in [3.05, 3.63) is 18.7 Å². The molecule has 0 aliphatic heterocycles. The Hall–Kier alpha value is -1.52. The van der Waals surface area contributed by atoms with Gasteiger partial charge in [-0.25, -0.2) is 4.98 Å². The molecule has 0 aliphatic carbocycles. The first kappa shape index (κ1) is 13.5. The molecule has 0 radical (unpaired) electrons. The van der Waals surface area contributed by atoms with E-state index in [2.05, 4.69) is 40.6 Å². The van der Waals surface area contributed by atoms with E-state index in [1.165, 1.54) is 0 Å². The largest absolute Gasteiger partial charge is 0.370 e. The zero-order valence-electron chi connectivity index (χ0n) is 11.0. The van der Waals surface area contributed by atoms with Crippen molar-refractivity contribution in [2.75, 3.05) is 6.54 Å². The molecule has 17 heavy (non-hydrogen) atoms. The Kier molecular flexibility index (Phi) is 5.00. The fourth-order valence-corrected chi connectivity index (χ4v) is 1.45. The Bertz CT molecular complexity index is 334. The molecule has 0 spiro atoms. The minimum absolute atomic E-state index is 0.0234. The SMILES string of the molecule is CC(C)(C)NC(N)=NCCCCn1ccnc1. The number of nitrogens with zero attached hydrogens (tertiary/aromatic N) is 3. The number of imidazole rings is 1. The lowest BCUT2D eigenvalue weighted by atomic mass is 10.1. The Morgan fingerprint density at radius 3 is 2.76 bits per heavy atom. The molecule has 5 heteroatoms. The van der Waals surface area contributed by atoms with E-state index in [9.17, 15) is 0 Å². The second kappa shape index (κ2) is 6.27. The summed E-state index contributed by atoms with van der Waals surface area (Å²) >= 11 is 0. The molecule has 1 rings (SSSR count). The molecule has 5 nitrogen and oxygen atoms in total. The lowest BCUT2D eigenvalue weighted by molar-refractivity contribution is 0.507. The number of aryl methyl sites for hydroxylation is 1. The van der Waals surface area contributed by atoms with Crippen LogP contribution in [-0.4, -0.2) is 27.6 Å². The first-order chi connectivity index (χ1) is 7.97. The standard InChI is InChI=1S/C12H23N5/c1-12(2,3)16-11(13)15-6-4-5-8-17-9-7-14-10-17/h7,9-10H,4-6,8H2,1-3H3,(H3,13,15,16). The van der Waals surface area contributed by atoms with Crippen LogP contribution in [0.5, 0.6) is 0 Å². The maximum Gasteiger partial charge on any atom is 0.188 e. The third kappa shape index (κ3) is 6.60. The van der Waals surface area contributed by atoms with E-state index < -0.39 is 0 Å². The molecule has 3 N–H and O–H groups in total. The molecule has 0 aromatic carbocycles. The van der Waals surface area contributed by atoms with Crippen molar-refractivity contribution in [3.8, 4) is 0 Å². The number of guanidine groups is 1. The van der Waals surface area contributed by atoms with Gasteiger partial charge in [0.15, 0.2) is 5.96 Å². The van der Waals surface area contributed by atoms with Crippen LogP contribution >= 0.6 is 0 Å². The fourth-order valence-electron chi connectivity index (χ4n) is 1.45. The Morgan fingerprint density at radius 1 is 1.41 bits per heavy atom. The minimum atomic E-state index is -0.0234. The Labute approximate surface area is 103 Å². The summed E-state index contributed by atoms with van der Waals surface area (Å²) in [6.07, 6.45) is 7.72. The molecule has 0 fully saturated rings. The zero-order chi connectivity index (χ0) is 12.7. The monoisotopic (exact) mass is 237 g/mol. The van der Waals surface area contributed by atoms with E-state index >= 15 is 0 Å². The highest BCUT2D eigenvalue weighted by Gasteiger charge is 2.09. The molecule has 0 saturated heterocycles. The van der Waals surface area contributed by atoms with Gasteiger partial charge < -0.3 is 15.6 Å². The summed E-state index contributed by atoms with van der Waals surface area (Å²) in [5.74, 6) is 0.528. The minimum Gasteiger partial charge on any atom is -0.370 e. The maximum atomic E-state index is 5.76. The molecule has 1 aromatic rings. The first-order valence-corrected chi connectivity index (χ1v) is 6.01. The van der Waals surface area contributed by atoms with Crippen LogP contribution in [0.3, 0.4) is 0 Å². The van der Waals surface area contributed by atoms with Crippen LogP contribution in [0.4, 0.5) is 0 Å². The van der Waals surface area contributed by atoms with Crippen molar-refractivity contribution in [3.63, 3.8) is 0 Å². The summed E-state index contributed by atoms with van der Waals surface area (Å²) in [5, 5.41) is 3.14. The van der Waals surface area contributed by atoms with Crippen molar-refractivity contribution in [2.45, 2.75) is 45.7 Å². The predicted octanol–water partition coefficient (Wildman–Crippen LogP) is 1.37. The molecular formula is C12H23N5. The topological polar surface area (TPSA) is 68.2 Å². The highest BCUT2D eigenvalue weighted by atomic mass is 15.1. The van der Waals surface area contributed by atoms with Crippen molar-refractivity contribution in [1.29, 1.82) is 0 Å². The van der Waals surface area contributed by atoms with Gasteiger partial charge in [0.2, 0.25) is 0 Å². The summed E-state index contributed by atoms with van der Waals surface area (Å²) in [6, 6.07) is 0. The molecule has 0 bridgehead atoms. The van der Waals surface area contributed by atoms with E-state index in [-0.39, 0.29) is 5.54 Å². The number of unbranched alkanes of at least 4 members (excludes halogenated alkanes) is 1. The van der Waals surface area contributed by atoms with Gasteiger partial charge in [0.25, 0.3) is 0 Å². The van der Waals surface area contributed by atoms with Crippen LogP contribution < -0.4 is 11.1 Å². The second-order valence-electron chi connectivity index (χ2n) is 5.15. The van der Waals surface area contributed by atoms with E-state index in [1.807, 2.05) is 12.5 Å². The number of nitrogens with two attached hydrogens (primary N) is 1. The molecular weight excluding hydrogens is 214 g/mol. The second-order valence-corrected chi connectivity index (χ2v) is 5.15. The van der Waals surface area contributed by atoms with Gasteiger partial charge in [0.1, 0.15) is 0 Å². The van der Waals surface area contributed by atoms with Gasteiger partial charge in [-0.05, 0) is 33.6 Å². The Morgan fingerprint density at radius 2 is 2.18 bits per heavy atom. The summed E-state index contributed by atoms with van der Waals surface area (Å²) in [4.78, 5) is 8.28. The predicted molar refractivity (Wildman–Crippen MR) is 70.8 cm³/mol. The van der Waals surface area contributed by atoms with Gasteiger partial charge in [-0.1, -0.05) is 0 Å². The van der Waals surface area contributed by atoms with Crippen LogP contribution in [-0.2, 0) is 6.54 Å². The maximum absolute atomic E-state index is 5.76. The van der Waals surface area contributed by atoms with Crippen molar-refractivity contribution in [2.24, 2.45) is 10.7 Å². The van der Waals surface area contributed by atoms with E-state index in [4.69, 9.17) is 5.73 Å². The van der Waals surface area contributed by atoms with E-state index in [1.54, 1.807) is 6.20 Å². The van der Waals surface area contributed by atoms with Gasteiger partial charge in [-0.15, -0.1) is 0 Å². The van der Waals surface area contributed by atoms with E-state index in [0.29, 0.717) is 5.96 Å². The average Bonchev–Trinajstić information content (AvgIpc) is 2.67. The summed E-state index contributed by atoms with van der Waals surface area (Å²) < 4.78 is 2.07. The van der Waals surface area contributed by atoms with Crippen LogP contribution in [0.2, 0.25) is 0 Å². The van der Waals surface area contributed by atoms with Gasteiger partial charge >= 0.3 is 0 Å². The molecule has 1 heterocycles. The normalized spacial score (nSPS) is 12.8. The van der Waals surface area contributed by atoms with Crippen LogP contribution in [0.15, 0.2) is 23.7 Å². The van der Waals surface area contributed by atoms with Crippen molar-refractivity contribution in [1.82, 2.24) is 14.9 Å². The molecule has 0 aliphatic rings. The third-order valence-electron chi connectivity index (χ3n) is 2.17. The molecule has 1 aromatic heterocycles. The number of hydrogen-bond donors (Lipinski definition) is 2. The van der Waals surface area contributed by atoms with Gasteiger partial charge in [0.05, 0.1) is 6.33 Å². The smallest absolute Gasteiger partial charge is 0.188 e. The molecule has 0 saturated carbocycles. The fraction of sp³-hybridized carbons (Fsp3) is 0.667. The van der Waals surface area contributed by atoms with Gasteiger partial charge in [-0.3, -0.25) is 4.99 Å². The van der Waals surface area contributed by atoms with Gasteiger partial charge in [0, 0.05) is 31.0 Å². The van der Waals surface area contributed by atoms with Crippen LogP contribution in [0.1, 0.15) is 33.6 Å². The summed E-state index contributed by atoms with van der Waals surface area (Å²) in [7, 11) is 0. The van der Waals surface area contributed by atoms with Gasteiger partial charge in [-0.2, -0.15) is 0 Å². The number of nitrogens with one attached hydrogen (secondary N) is 1. The summed E-state index contributed by atoms with van der Waals surface area (Å²) in [5.41, 5.74) is 5.74. The Balaban J connectivity index is 2.12. The number of rotatable bonds is 5. The highest BCUT2D eigenvalue weighted by Crippen LogP contribution is 1.98. The third-order valence-corrected chi connectivity index (χ3v) is 2.17. The first-order valence-electron chi connectivity index (χ1n) is 6.01.